The molecule has 0 saturated carbocycles. The van der Waals surface area contributed by atoms with Gasteiger partial charge in [-0.05, 0) is 62.6 Å². The van der Waals surface area contributed by atoms with Crippen molar-refractivity contribution >= 4 is 34.5 Å². The molecule has 0 aliphatic carbocycles. The Labute approximate surface area is 211 Å². The number of hydrogen-bond donors (Lipinski definition) is 2. The van der Waals surface area contributed by atoms with Crippen molar-refractivity contribution in [1.29, 1.82) is 0 Å². The first-order chi connectivity index (χ1) is 17.3. The largest absolute Gasteiger partial charge is 0.481 e. The SMILES string of the molecule is CC#CCOc1ccc(S(=O)C(CCCCNC(=O)CN2C(=O)c3ccccc3C2=O)C(=O)O)cc1. The second-order valence-corrected chi connectivity index (χ2v) is 9.53. The third kappa shape index (κ3) is 6.58. The van der Waals surface area contributed by atoms with Crippen LogP contribution in [-0.4, -0.2) is 62.9 Å². The van der Waals surface area contributed by atoms with E-state index >= 15 is 0 Å². The van der Waals surface area contributed by atoms with E-state index in [1.165, 1.54) is 0 Å². The van der Waals surface area contributed by atoms with Gasteiger partial charge in [0.2, 0.25) is 5.91 Å². The van der Waals surface area contributed by atoms with Crippen molar-refractivity contribution in [3.63, 3.8) is 0 Å². The Morgan fingerprint density at radius 2 is 1.69 bits per heavy atom. The maximum absolute atomic E-state index is 12.8. The Morgan fingerprint density at radius 3 is 2.28 bits per heavy atom. The van der Waals surface area contributed by atoms with Crippen LogP contribution in [0.1, 0.15) is 46.9 Å². The summed E-state index contributed by atoms with van der Waals surface area (Å²) in [6, 6.07) is 12.8. The fraction of sp³-hybridized carbons (Fsp3) is 0.308. The number of amides is 3. The molecular formula is C26H26N2O7S. The molecule has 9 nitrogen and oxygen atoms in total. The van der Waals surface area contributed by atoms with Gasteiger partial charge in [-0.3, -0.25) is 28.3 Å². The minimum Gasteiger partial charge on any atom is -0.481 e. The molecule has 2 aromatic carbocycles. The van der Waals surface area contributed by atoms with E-state index in [0.717, 1.165) is 4.90 Å². The zero-order valence-corrected chi connectivity index (χ0v) is 20.5. The molecule has 0 spiro atoms. The number of imide groups is 1. The molecular weight excluding hydrogens is 484 g/mol. The van der Waals surface area contributed by atoms with Crippen molar-refractivity contribution in [3.8, 4) is 17.6 Å². The van der Waals surface area contributed by atoms with Gasteiger partial charge in [0, 0.05) is 11.4 Å². The minimum absolute atomic E-state index is 0.153. The lowest BCUT2D eigenvalue weighted by Crippen LogP contribution is -2.40. The zero-order chi connectivity index (χ0) is 26.1. The van der Waals surface area contributed by atoms with Crippen LogP contribution in [0.4, 0.5) is 0 Å². The maximum atomic E-state index is 12.8. The Hall–Kier alpha value is -3.97. The molecule has 10 heteroatoms. The number of fused-ring (bicyclic) bond motifs is 1. The van der Waals surface area contributed by atoms with E-state index < -0.39 is 46.3 Å². The fourth-order valence-electron chi connectivity index (χ4n) is 3.61. The molecule has 188 valence electrons. The average Bonchev–Trinajstić information content (AvgIpc) is 3.11. The van der Waals surface area contributed by atoms with Gasteiger partial charge < -0.3 is 15.2 Å². The van der Waals surface area contributed by atoms with Crippen LogP contribution in [0.2, 0.25) is 0 Å². The molecule has 0 fully saturated rings. The lowest BCUT2D eigenvalue weighted by Gasteiger charge is -2.14. The number of hydrogen-bond acceptors (Lipinski definition) is 6. The average molecular weight is 511 g/mol. The van der Waals surface area contributed by atoms with Crippen molar-refractivity contribution < 1.29 is 33.2 Å². The summed E-state index contributed by atoms with van der Waals surface area (Å²) in [5.41, 5.74) is 0.548. The van der Waals surface area contributed by atoms with Gasteiger partial charge in [-0.25, -0.2) is 0 Å². The molecule has 1 heterocycles. The van der Waals surface area contributed by atoms with E-state index in [1.54, 1.807) is 55.5 Å². The van der Waals surface area contributed by atoms with Gasteiger partial charge in [0.25, 0.3) is 11.8 Å². The van der Waals surface area contributed by atoms with Gasteiger partial charge >= 0.3 is 5.97 Å². The van der Waals surface area contributed by atoms with Gasteiger partial charge in [0.05, 0.1) is 21.9 Å². The van der Waals surface area contributed by atoms with Crippen LogP contribution >= 0.6 is 0 Å². The topological polar surface area (TPSA) is 130 Å². The van der Waals surface area contributed by atoms with E-state index in [0.29, 0.717) is 23.5 Å². The number of carbonyl (C=O) groups is 4. The normalized spacial score (nSPS) is 13.9. The number of nitrogens with zero attached hydrogens (tertiary/aromatic N) is 1. The van der Waals surface area contributed by atoms with Crippen LogP contribution in [0.5, 0.6) is 5.75 Å². The van der Waals surface area contributed by atoms with Crippen LogP contribution in [-0.2, 0) is 20.4 Å². The van der Waals surface area contributed by atoms with Gasteiger partial charge in [-0.1, -0.05) is 18.1 Å². The van der Waals surface area contributed by atoms with Crippen molar-refractivity contribution in [2.45, 2.75) is 36.3 Å². The first-order valence-corrected chi connectivity index (χ1v) is 12.5. The Balaban J connectivity index is 1.43. The van der Waals surface area contributed by atoms with Gasteiger partial charge in [0.15, 0.2) is 0 Å². The van der Waals surface area contributed by atoms with Crippen LogP contribution in [0.15, 0.2) is 53.4 Å². The van der Waals surface area contributed by atoms with Gasteiger partial charge in [-0.2, -0.15) is 0 Å². The molecule has 0 radical (unpaired) electrons. The lowest BCUT2D eigenvalue weighted by atomic mass is 10.1. The maximum Gasteiger partial charge on any atom is 0.319 e. The number of unbranched alkanes of at least 4 members (excludes halogenated alkanes) is 1. The van der Waals surface area contributed by atoms with E-state index in [2.05, 4.69) is 17.2 Å². The number of benzene rings is 2. The van der Waals surface area contributed by atoms with Crippen LogP contribution in [0.3, 0.4) is 0 Å². The molecule has 3 rings (SSSR count). The Bertz CT molecular complexity index is 1200. The molecule has 2 N–H and O–H groups in total. The van der Waals surface area contributed by atoms with E-state index in [9.17, 15) is 28.5 Å². The van der Waals surface area contributed by atoms with Crippen LogP contribution in [0.25, 0.3) is 0 Å². The van der Waals surface area contributed by atoms with Gasteiger partial charge in [0.1, 0.15) is 24.2 Å². The number of carboxylic acid groups (broad SMARTS) is 1. The Kier molecular flexibility index (Phi) is 9.36. The predicted octanol–water partition coefficient (Wildman–Crippen LogP) is 2.23. The van der Waals surface area contributed by atoms with Crippen LogP contribution < -0.4 is 10.1 Å². The zero-order valence-electron chi connectivity index (χ0n) is 19.7. The highest BCUT2D eigenvalue weighted by molar-refractivity contribution is 7.86. The third-order valence-corrected chi connectivity index (χ3v) is 7.16. The molecule has 2 unspecified atom stereocenters. The monoisotopic (exact) mass is 510 g/mol. The Morgan fingerprint density at radius 1 is 1.06 bits per heavy atom. The first-order valence-electron chi connectivity index (χ1n) is 11.3. The van der Waals surface area contributed by atoms with Crippen molar-refractivity contribution in [1.82, 2.24) is 10.2 Å². The smallest absolute Gasteiger partial charge is 0.319 e. The van der Waals surface area contributed by atoms with E-state index in [4.69, 9.17) is 4.74 Å². The molecule has 0 aromatic heterocycles. The quantitative estimate of drug-likeness (QED) is 0.254. The summed E-state index contributed by atoms with van der Waals surface area (Å²) < 4.78 is 18.2. The second kappa shape index (κ2) is 12.7. The van der Waals surface area contributed by atoms with E-state index in [1.807, 2.05) is 0 Å². The van der Waals surface area contributed by atoms with Crippen LogP contribution in [0, 0.1) is 11.8 Å². The number of nitrogens with one attached hydrogen (secondary N) is 1. The highest BCUT2D eigenvalue weighted by Gasteiger charge is 2.36. The summed E-state index contributed by atoms with van der Waals surface area (Å²) in [4.78, 5) is 49.9. The number of ether oxygens (including phenoxy) is 1. The third-order valence-electron chi connectivity index (χ3n) is 5.47. The summed E-state index contributed by atoms with van der Waals surface area (Å²) in [5.74, 6) is 3.35. The molecule has 0 bridgehead atoms. The highest BCUT2D eigenvalue weighted by Crippen LogP contribution is 2.22. The van der Waals surface area contributed by atoms with Crippen molar-refractivity contribution in [2.24, 2.45) is 0 Å². The van der Waals surface area contributed by atoms with Crippen molar-refractivity contribution in [2.75, 3.05) is 19.7 Å². The summed E-state index contributed by atoms with van der Waals surface area (Å²) in [5, 5.41) is 11.1. The fourth-order valence-corrected chi connectivity index (χ4v) is 4.91. The van der Waals surface area contributed by atoms with Crippen molar-refractivity contribution in [3.05, 3.63) is 59.7 Å². The second-order valence-electron chi connectivity index (χ2n) is 7.90. The highest BCUT2D eigenvalue weighted by atomic mass is 32.2. The summed E-state index contributed by atoms with van der Waals surface area (Å²) in [7, 11) is -1.76. The molecule has 3 amide bonds. The summed E-state index contributed by atoms with van der Waals surface area (Å²) in [6.07, 6.45) is 1.01. The molecule has 1 aliphatic rings. The molecule has 1 aliphatic heterocycles. The van der Waals surface area contributed by atoms with E-state index in [-0.39, 0.29) is 30.7 Å². The number of rotatable bonds is 12. The lowest BCUT2D eigenvalue weighted by molar-refractivity contribution is -0.136. The first kappa shape index (κ1) is 26.6. The number of carbonyl (C=O) groups excluding carboxylic acids is 3. The standard InChI is InChI=1S/C26H26N2O7S/c1-2-3-16-35-18-11-13-19(14-12-18)36(34)22(26(32)33)10-6-7-15-27-23(29)17-28-24(30)20-8-4-5-9-21(20)25(28)31/h4-5,8-9,11-14,22H,6-7,10,15-17H2,1H3,(H,27,29)(H,32,33). The number of aliphatic carboxylic acids is 1. The predicted molar refractivity (Wildman–Crippen MR) is 132 cm³/mol. The summed E-state index contributed by atoms with van der Waals surface area (Å²) in [6.45, 7) is 1.77. The molecule has 2 aromatic rings. The summed E-state index contributed by atoms with van der Waals surface area (Å²) >= 11 is 0. The molecule has 2 atom stereocenters. The molecule has 36 heavy (non-hydrogen) atoms. The van der Waals surface area contributed by atoms with Gasteiger partial charge in [-0.15, -0.1) is 5.92 Å². The molecule has 0 saturated heterocycles. The minimum atomic E-state index is -1.76. The number of carboxylic acids is 1.